The highest BCUT2D eigenvalue weighted by atomic mass is 35.5. The molecule has 0 spiro atoms. The van der Waals surface area contributed by atoms with Gasteiger partial charge in [0.25, 0.3) is 0 Å². The Bertz CT molecular complexity index is 559. The van der Waals surface area contributed by atoms with Crippen LogP contribution in [0.15, 0.2) is 12.3 Å². The molecule has 0 aliphatic heterocycles. The van der Waals surface area contributed by atoms with E-state index in [4.69, 9.17) is 21.1 Å². The van der Waals surface area contributed by atoms with Crippen LogP contribution in [0.3, 0.4) is 0 Å². The molecule has 5 nitrogen and oxygen atoms in total. The highest BCUT2D eigenvalue weighted by Crippen LogP contribution is 2.33. The monoisotopic (exact) mass is 354 g/mol. The number of pyridine rings is 1. The Kier molecular flexibility index (Phi) is 6.10. The highest BCUT2D eigenvalue weighted by Gasteiger charge is 2.32. The third kappa shape index (κ3) is 6.94. The second kappa shape index (κ2) is 7.25. The molecule has 0 radical (unpaired) electrons. The number of hydrogen-bond donors (Lipinski definition) is 1. The van der Waals surface area contributed by atoms with Gasteiger partial charge in [0, 0.05) is 11.7 Å². The summed E-state index contributed by atoms with van der Waals surface area (Å²) < 4.78 is 47.7. The molecule has 1 rings (SSSR count). The normalized spacial score (nSPS) is 13.4. The Labute approximate surface area is 137 Å². The lowest BCUT2D eigenvalue weighted by atomic mass is 10.1. The molecule has 0 fully saturated rings. The summed E-state index contributed by atoms with van der Waals surface area (Å²) in [6, 6.07) is 0.726. The van der Waals surface area contributed by atoms with Gasteiger partial charge >= 0.3 is 12.3 Å². The number of ether oxygens (including phenoxy) is 2. The summed E-state index contributed by atoms with van der Waals surface area (Å²) in [4.78, 5) is 15.0. The summed E-state index contributed by atoms with van der Waals surface area (Å²) in [5.41, 5.74) is -1.41. The van der Waals surface area contributed by atoms with Gasteiger partial charge in [-0.15, -0.1) is 0 Å². The van der Waals surface area contributed by atoms with Crippen molar-refractivity contribution in [3.63, 3.8) is 0 Å². The second-order valence-electron chi connectivity index (χ2n) is 5.91. The third-order valence-electron chi connectivity index (χ3n) is 2.37. The molecule has 130 valence electrons. The molecule has 1 atom stereocenters. The maximum atomic E-state index is 12.5. The molecular formula is C14H18ClF3N2O3. The highest BCUT2D eigenvalue weighted by molar-refractivity contribution is 6.31. The van der Waals surface area contributed by atoms with Gasteiger partial charge in [0.1, 0.15) is 17.7 Å². The maximum Gasteiger partial charge on any atom is 0.417 e. The Hall–Kier alpha value is -1.70. The van der Waals surface area contributed by atoms with Crippen LogP contribution in [0, 0.1) is 0 Å². The minimum Gasteiger partial charge on any atom is -0.470 e. The maximum absolute atomic E-state index is 12.5. The minimum absolute atomic E-state index is 0.110. The van der Waals surface area contributed by atoms with E-state index in [0.29, 0.717) is 6.20 Å². The molecule has 0 aliphatic carbocycles. The second-order valence-corrected chi connectivity index (χ2v) is 6.32. The predicted molar refractivity (Wildman–Crippen MR) is 78.6 cm³/mol. The van der Waals surface area contributed by atoms with Crippen LogP contribution < -0.4 is 10.1 Å². The third-order valence-corrected chi connectivity index (χ3v) is 2.64. The first-order valence-electron chi connectivity index (χ1n) is 6.73. The number of halogens is 4. The van der Waals surface area contributed by atoms with Gasteiger partial charge in [-0.1, -0.05) is 11.6 Å². The van der Waals surface area contributed by atoms with Gasteiger partial charge in [0.2, 0.25) is 5.88 Å². The summed E-state index contributed by atoms with van der Waals surface area (Å²) in [5, 5.41) is 2.32. The van der Waals surface area contributed by atoms with E-state index in [-0.39, 0.29) is 17.5 Å². The fourth-order valence-corrected chi connectivity index (χ4v) is 1.64. The zero-order valence-electron chi connectivity index (χ0n) is 13.1. The standard InChI is InChI=1S/C14H18ClF3N2O3/c1-8(7-22-12(21)20-13(2,3)4)23-11-10(15)5-9(6-19-11)14(16,17)18/h5-6,8H,7H2,1-4H3,(H,20,21)/t8-/m0/s1. The molecule has 0 aromatic carbocycles. The fourth-order valence-electron chi connectivity index (χ4n) is 1.43. The quantitative estimate of drug-likeness (QED) is 0.886. The predicted octanol–water partition coefficient (Wildman–Crippen LogP) is 4.05. The molecule has 0 bridgehead atoms. The van der Waals surface area contributed by atoms with E-state index >= 15 is 0 Å². The summed E-state index contributed by atoms with van der Waals surface area (Å²) in [6.45, 7) is 6.83. The summed E-state index contributed by atoms with van der Waals surface area (Å²) in [5.74, 6) is -0.160. The molecule has 1 aromatic heterocycles. The molecular weight excluding hydrogens is 337 g/mol. The van der Waals surface area contributed by atoms with Crippen LogP contribution in [0.2, 0.25) is 5.02 Å². The van der Waals surface area contributed by atoms with Crippen molar-refractivity contribution in [3.05, 3.63) is 22.8 Å². The van der Waals surface area contributed by atoms with Crippen molar-refractivity contribution in [2.75, 3.05) is 6.61 Å². The van der Waals surface area contributed by atoms with Gasteiger partial charge in [-0.2, -0.15) is 13.2 Å². The molecule has 0 unspecified atom stereocenters. The first-order chi connectivity index (χ1) is 10.4. The van der Waals surface area contributed by atoms with Crippen LogP contribution in [0.25, 0.3) is 0 Å². The molecule has 23 heavy (non-hydrogen) atoms. The Morgan fingerprint density at radius 3 is 2.48 bits per heavy atom. The van der Waals surface area contributed by atoms with Gasteiger partial charge in [0.15, 0.2) is 0 Å². The smallest absolute Gasteiger partial charge is 0.417 e. The van der Waals surface area contributed by atoms with E-state index in [0.717, 1.165) is 6.07 Å². The molecule has 9 heteroatoms. The van der Waals surface area contributed by atoms with Crippen molar-refractivity contribution in [3.8, 4) is 5.88 Å². The van der Waals surface area contributed by atoms with Crippen LogP contribution in [0.4, 0.5) is 18.0 Å². The van der Waals surface area contributed by atoms with E-state index < -0.39 is 29.5 Å². The average Bonchev–Trinajstić information content (AvgIpc) is 2.35. The van der Waals surface area contributed by atoms with E-state index in [1.54, 1.807) is 27.7 Å². The SMILES string of the molecule is C[C@@H](COC(=O)NC(C)(C)C)Oc1ncc(C(F)(F)F)cc1Cl. The molecule has 0 aliphatic rings. The largest absolute Gasteiger partial charge is 0.470 e. The molecule has 1 heterocycles. The van der Waals surface area contributed by atoms with Crippen molar-refractivity contribution < 1.29 is 27.4 Å². The lowest BCUT2D eigenvalue weighted by Crippen LogP contribution is -2.41. The number of hydrogen-bond acceptors (Lipinski definition) is 4. The van der Waals surface area contributed by atoms with Crippen molar-refractivity contribution in [1.82, 2.24) is 10.3 Å². The van der Waals surface area contributed by atoms with Crippen LogP contribution >= 0.6 is 11.6 Å². The number of aromatic nitrogens is 1. The van der Waals surface area contributed by atoms with Crippen LogP contribution in [0.1, 0.15) is 33.3 Å². The van der Waals surface area contributed by atoms with Crippen molar-refractivity contribution in [1.29, 1.82) is 0 Å². The zero-order chi connectivity index (χ0) is 17.8. The Morgan fingerprint density at radius 1 is 1.39 bits per heavy atom. The average molecular weight is 355 g/mol. The van der Waals surface area contributed by atoms with E-state index in [1.807, 2.05) is 0 Å². The van der Waals surface area contributed by atoms with Gasteiger partial charge in [0.05, 0.1) is 5.56 Å². The minimum atomic E-state index is -4.53. The van der Waals surface area contributed by atoms with Gasteiger partial charge < -0.3 is 14.8 Å². The molecule has 0 saturated carbocycles. The van der Waals surface area contributed by atoms with Crippen LogP contribution in [0.5, 0.6) is 5.88 Å². The van der Waals surface area contributed by atoms with Crippen molar-refractivity contribution in [2.24, 2.45) is 0 Å². The Balaban J connectivity index is 2.58. The van der Waals surface area contributed by atoms with Gasteiger partial charge in [-0.25, -0.2) is 9.78 Å². The Morgan fingerprint density at radius 2 is 2.00 bits per heavy atom. The number of alkyl halides is 3. The number of rotatable bonds is 4. The first kappa shape index (κ1) is 19.3. The van der Waals surface area contributed by atoms with Crippen LogP contribution in [-0.4, -0.2) is 29.3 Å². The number of amides is 1. The molecule has 0 saturated heterocycles. The molecule has 1 amide bonds. The number of nitrogens with one attached hydrogen (secondary N) is 1. The summed E-state index contributed by atoms with van der Waals surface area (Å²) in [7, 11) is 0. The number of carbonyl (C=O) groups excluding carboxylic acids is 1. The summed E-state index contributed by atoms with van der Waals surface area (Å²) in [6.07, 6.45) is -5.17. The number of carbonyl (C=O) groups is 1. The van der Waals surface area contributed by atoms with Gasteiger partial charge in [-0.05, 0) is 33.8 Å². The lowest BCUT2D eigenvalue weighted by molar-refractivity contribution is -0.137. The number of nitrogens with zero attached hydrogens (tertiary/aromatic N) is 1. The molecule has 1 N–H and O–H groups in total. The van der Waals surface area contributed by atoms with E-state index in [1.165, 1.54) is 0 Å². The molecule has 1 aromatic rings. The van der Waals surface area contributed by atoms with Gasteiger partial charge in [-0.3, -0.25) is 0 Å². The summed E-state index contributed by atoms with van der Waals surface area (Å²) >= 11 is 5.72. The van der Waals surface area contributed by atoms with Crippen molar-refractivity contribution >= 4 is 17.7 Å². The van der Waals surface area contributed by atoms with E-state index in [2.05, 4.69) is 10.3 Å². The first-order valence-corrected chi connectivity index (χ1v) is 7.10. The number of alkyl carbamates (subject to hydrolysis) is 1. The van der Waals surface area contributed by atoms with Crippen LogP contribution in [-0.2, 0) is 10.9 Å². The zero-order valence-corrected chi connectivity index (χ0v) is 13.9. The van der Waals surface area contributed by atoms with E-state index in [9.17, 15) is 18.0 Å². The fraction of sp³-hybridized carbons (Fsp3) is 0.571. The van der Waals surface area contributed by atoms with Crippen molar-refractivity contribution in [2.45, 2.75) is 45.5 Å². The lowest BCUT2D eigenvalue weighted by Gasteiger charge is -2.21. The topological polar surface area (TPSA) is 60.5 Å².